The van der Waals surface area contributed by atoms with Gasteiger partial charge >= 0.3 is 0 Å². The molecule has 1 heterocycles. The minimum absolute atomic E-state index is 0. The maximum Gasteiger partial charge on any atom is 0.0845 e. The van der Waals surface area contributed by atoms with Gasteiger partial charge in [0.15, 0.2) is 0 Å². The van der Waals surface area contributed by atoms with Gasteiger partial charge in [0, 0.05) is 34.9 Å². The Morgan fingerprint density at radius 1 is 1.00 bits per heavy atom. The number of rotatable bonds is 6. The molecule has 4 nitrogen and oxygen atoms in total. The van der Waals surface area contributed by atoms with Gasteiger partial charge in [0.2, 0.25) is 0 Å². The number of aliphatic hydroxyl groups is 2. The van der Waals surface area contributed by atoms with Crippen LogP contribution < -0.4 is 12.4 Å². The fourth-order valence-electron chi connectivity index (χ4n) is 3.09. The number of likely N-dealkylation sites (N-methyl/N-ethyl adjacent to an activating group) is 1. The highest BCUT2D eigenvalue weighted by atomic mass is 35.5. The van der Waals surface area contributed by atoms with Crippen LogP contribution in [0.15, 0.2) is 48.5 Å². The fraction of sp³-hybridized carbons (Fsp3) is 0.333. The molecule has 124 valence electrons. The SMILES string of the molecule is CN(CCO)CC(O)Cn1c2ccccc2c2ccccc21.[Cl-]. The van der Waals surface area contributed by atoms with Gasteiger partial charge in [-0.15, -0.1) is 0 Å². The van der Waals surface area contributed by atoms with Crippen molar-refractivity contribution in [1.29, 1.82) is 0 Å². The van der Waals surface area contributed by atoms with E-state index in [1.54, 1.807) is 0 Å². The summed E-state index contributed by atoms with van der Waals surface area (Å²) in [5.74, 6) is 0. The first kappa shape index (κ1) is 17.8. The Balaban J connectivity index is 0.00000192. The van der Waals surface area contributed by atoms with E-state index >= 15 is 0 Å². The highest BCUT2D eigenvalue weighted by Crippen LogP contribution is 2.28. The Kier molecular flexibility index (Phi) is 6.02. The van der Waals surface area contributed by atoms with Crippen molar-refractivity contribution in [2.75, 3.05) is 26.7 Å². The molecule has 0 aliphatic carbocycles. The van der Waals surface area contributed by atoms with Gasteiger partial charge in [0.05, 0.1) is 19.3 Å². The zero-order valence-corrected chi connectivity index (χ0v) is 13.9. The highest BCUT2D eigenvalue weighted by Gasteiger charge is 2.14. The van der Waals surface area contributed by atoms with Crippen LogP contribution in [0.3, 0.4) is 0 Å². The third kappa shape index (κ3) is 3.67. The fourth-order valence-corrected chi connectivity index (χ4v) is 3.09. The van der Waals surface area contributed by atoms with Gasteiger partial charge in [0.25, 0.3) is 0 Å². The molecule has 1 aromatic heterocycles. The van der Waals surface area contributed by atoms with Crippen molar-refractivity contribution in [3.8, 4) is 0 Å². The van der Waals surface area contributed by atoms with Gasteiger partial charge in [0.1, 0.15) is 0 Å². The maximum absolute atomic E-state index is 10.4. The van der Waals surface area contributed by atoms with Gasteiger partial charge in [-0.05, 0) is 19.2 Å². The van der Waals surface area contributed by atoms with Crippen LogP contribution in [0.5, 0.6) is 0 Å². The van der Waals surface area contributed by atoms with Crippen molar-refractivity contribution in [3.63, 3.8) is 0 Å². The Labute approximate surface area is 142 Å². The van der Waals surface area contributed by atoms with Gasteiger partial charge in [-0.25, -0.2) is 0 Å². The summed E-state index contributed by atoms with van der Waals surface area (Å²) in [4.78, 5) is 1.94. The number of aliphatic hydroxyl groups excluding tert-OH is 2. The second-order valence-corrected chi connectivity index (χ2v) is 5.78. The molecule has 0 saturated heterocycles. The molecule has 0 bridgehead atoms. The molecule has 1 atom stereocenters. The van der Waals surface area contributed by atoms with E-state index in [1.165, 1.54) is 10.8 Å². The number of halogens is 1. The van der Waals surface area contributed by atoms with E-state index in [-0.39, 0.29) is 19.0 Å². The molecular weight excluding hydrogens is 312 g/mol. The smallest absolute Gasteiger partial charge is 0.0845 e. The van der Waals surface area contributed by atoms with Crippen LogP contribution in [0, 0.1) is 0 Å². The van der Waals surface area contributed by atoms with Crippen molar-refractivity contribution >= 4 is 21.8 Å². The van der Waals surface area contributed by atoms with E-state index in [1.807, 2.05) is 36.2 Å². The van der Waals surface area contributed by atoms with Gasteiger partial charge < -0.3 is 32.1 Å². The Hall–Kier alpha value is -1.59. The van der Waals surface area contributed by atoms with Crippen LogP contribution in [0.1, 0.15) is 0 Å². The third-order valence-electron chi connectivity index (χ3n) is 4.08. The molecule has 0 saturated carbocycles. The number of benzene rings is 2. The van der Waals surface area contributed by atoms with Crippen molar-refractivity contribution in [2.45, 2.75) is 12.6 Å². The molecule has 23 heavy (non-hydrogen) atoms. The lowest BCUT2D eigenvalue weighted by molar-refractivity contribution is -0.00000903. The minimum Gasteiger partial charge on any atom is -1.00 e. The van der Waals surface area contributed by atoms with Crippen LogP contribution in [0.4, 0.5) is 0 Å². The normalized spacial score (nSPS) is 12.7. The topological polar surface area (TPSA) is 48.6 Å². The molecule has 1 unspecified atom stereocenters. The van der Waals surface area contributed by atoms with Gasteiger partial charge in [-0.1, -0.05) is 36.4 Å². The van der Waals surface area contributed by atoms with Gasteiger partial charge in [-0.3, -0.25) is 0 Å². The molecule has 0 radical (unpaired) electrons. The number of nitrogens with zero attached hydrogens (tertiary/aromatic N) is 2. The van der Waals surface area contributed by atoms with Crippen LogP contribution >= 0.6 is 0 Å². The van der Waals surface area contributed by atoms with E-state index in [0.717, 1.165) is 11.0 Å². The molecular formula is C18H22ClN2O2-. The molecule has 0 fully saturated rings. The van der Waals surface area contributed by atoms with Crippen molar-refractivity contribution in [2.24, 2.45) is 0 Å². The van der Waals surface area contributed by atoms with Crippen molar-refractivity contribution < 1.29 is 22.6 Å². The van der Waals surface area contributed by atoms with E-state index in [9.17, 15) is 5.11 Å². The number of aromatic nitrogens is 1. The van der Waals surface area contributed by atoms with Crippen molar-refractivity contribution in [1.82, 2.24) is 9.47 Å². The molecule has 0 aliphatic rings. The third-order valence-corrected chi connectivity index (χ3v) is 4.08. The zero-order chi connectivity index (χ0) is 15.5. The number of hydrogen-bond donors (Lipinski definition) is 2. The lowest BCUT2D eigenvalue weighted by atomic mass is 10.2. The van der Waals surface area contributed by atoms with E-state index in [2.05, 4.69) is 28.8 Å². The standard InChI is InChI=1S/C18H22N2O2.ClH/c1-19(10-11-21)12-14(22)13-20-17-8-4-2-6-15(17)16-7-3-5-9-18(16)20;/h2-9,14,21-22H,10-13H2,1H3;1H/p-1. The summed E-state index contributed by atoms with van der Waals surface area (Å²) in [5.41, 5.74) is 2.29. The van der Waals surface area contributed by atoms with E-state index in [0.29, 0.717) is 19.6 Å². The number of hydrogen-bond acceptors (Lipinski definition) is 3. The second-order valence-electron chi connectivity index (χ2n) is 5.78. The lowest BCUT2D eigenvalue weighted by Gasteiger charge is -2.20. The summed E-state index contributed by atoms with van der Waals surface area (Å²) < 4.78 is 2.18. The van der Waals surface area contributed by atoms with Gasteiger partial charge in [-0.2, -0.15) is 0 Å². The monoisotopic (exact) mass is 333 g/mol. The summed E-state index contributed by atoms with van der Waals surface area (Å²) in [6, 6.07) is 16.6. The largest absolute Gasteiger partial charge is 1.00 e. The summed E-state index contributed by atoms with van der Waals surface area (Å²) in [7, 11) is 1.91. The number of para-hydroxylation sites is 2. The first-order chi connectivity index (χ1) is 10.7. The Bertz CT molecular complexity index is 719. The minimum atomic E-state index is -0.476. The van der Waals surface area contributed by atoms with Crippen LogP contribution in [0.2, 0.25) is 0 Å². The molecule has 0 spiro atoms. The molecule has 2 aromatic carbocycles. The molecule has 0 amide bonds. The zero-order valence-electron chi connectivity index (χ0n) is 13.2. The molecule has 0 aliphatic heterocycles. The average Bonchev–Trinajstić information content (AvgIpc) is 2.82. The summed E-state index contributed by atoms with van der Waals surface area (Å²) in [6.45, 7) is 1.77. The summed E-state index contributed by atoms with van der Waals surface area (Å²) in [6.07, 6.45) is -0.476. The average molecular weight is 334 g/mol. The van der Waals surface area contributed by atoms with Crippen LogP contribution in [-0.4, -0.2) is 52.5 Å². The predicted molar refractivity (Wildman–Crippen MR) is 90.0 cm³/mol. The molecule has 2 N–H and O–H groups in total. The first-order valence-corrected chi connectivity index (χ1v) is 7.64. The lowest BCUT2D eigenvalue weighted by Crippen LogP contribution is -3.00. The van der Waals surface area contributed by atoms with Crippen molar-refractivity contribution in [3.05, 3.63) is 48.5 Å². The summed E-state index contributed by atoms with van der Waals surface area (Å²) in [5, 5.41) is 21.8. The second kappa shape index (κ2) is 7.79. The summed E-state index contributed by atoms with van der Waals surface area (Å²) >= 11 is 0. The highest BCUT2D eigenvalue weighted by molar-refractivity contribution is 6.07. The molecule has 5 heteroatoms. The van der Waals surface area contributed by atoms with E-state index in [4.69, 9.17) is 5.11 Å². The van der Waals surface area contributed by atoms with E-state index < -0.39 is 6.10 Å². The maximum atomic E-state index is 10.4. The molecule has 3 rings (SSSR count). The Morgan fingerprint density at radius 3 is 2.04 bits per heavy atom. The van der Waals surface area contributed by atoms with Crippen LogP contribution in [-0.2, 0) is 6.54 Å². The first-order valence-electron chi connectivity index (χ1n) is 7.64. The quantitative estimate of drug-likeness (QED) is 0.614. The predicted octanol–water partition coefficient (Wildman–Crippen LogP) is -0.916. The Morgan fingerprint density at radius 2 is 1.52 bits per heavy atom. The number of fused-ring (bicyclic) bond motifs is 3. The van der Waals surface area contributed by atoms with Crippen LogP contribution in [0.25, 0.3) is 21.8 Å². The molecule has 3 aromatic rings.